The number of thiophene rings is 1. The molecule has 43 heavy (non-hydrogen) atoms. The average molecular weight is 597 g/mol. The second kappa shape index (κ2) is 11.5. The van der Waals surface area contributed by atoms with Crippen LogP contribution in [0.1, 0.15) is 55.1 Å². The van der Waals surface area contributed by atoms with Gasteiger partial charge >= 0.3 is 0 Å². The second-order valence-corrected chi connectivity index (χ2v) is 11.7. The van der Waals surface area contributed by atoms with E-state index in [-0.39, 0.29) is 27.9 Å². The maximum absolute atomic E-state index is 13.9. The molecule has 0 aliphatic heterocycles. The number of methoxy groups -OCH3 is 1. The van der Waals surface area contributed by atoms with Gasteiger partial charge in [0, 0.05) is 24.7 Å². The Balaban J connectivity index is 1.48. The minimum Gasteiger partial charge on any atom is -0.497 e. The van der Waals surface area contributed by atoms with Crippen LogP contribution in [0.25, 0.3) is 16.7 Å². The third kappa shape index (κ3) is 5.10. The molecule has 11 heteroatoms. The predicted octanol–water partition coefficient (Wildman–Crippen LogP) is 4.24. The fraction of sp³-hybridized carbons (Fsp3) is 0.281. The van der Waals surface area contributed by atoms with Crippen molar-refractivity contribution >= 4 is 44.8 Å². The molecule has 1 aliphatic rings. The average Bonchev–Trinajstić information content (AvgIpc) is 3.38. The molecule has 0 bridgehead atoms. The second-order valence-electron chi connectivity index (χ2n) is 10.6. The third-order valence-corrected chi connectivity index (χ3v) is 9.22. The molecule has 0 saturated heterocycles. The minimum absolute atomic E-state index is 0.0305. The van der Waals surface area contributed by atoms with Crippen molar-refractivity contribution in [2.24, 2.45) is 0 Å². The first kappa shape index (κ1) is 28.4. The predicted molar refractivity (Wildman–Crippen MR) is 167 cm³/mol. The number of rotatable bonds is 7. The summed E-state index contributed by atoms with van der Waals surface area (Å²) in [5, 5.41) is 15.5. The van der Waals surface area contributed by atoms with E-state index in [1.807, 2.05) is 37.3 Å². The van der Waals surface area contributed by atoms with E-state index in [9.17, 15) is 14.4 Å². The van der Waals surface area contributed by atoms with Crippen LogP contribution in [-0.2, 0) is 25.8 Å². The van der Waals surface area contributed by atoms with Crippen molar-refractivity contribution in [1.82, 2.24) is 19.3 Å². The quantitative estimate of drug-likeness (QED) is 0.242. The summed E-state index contributed by atoms with van der Waals surface area (Å²) in [6.07, 6.45) is 5.85. The first-order valence-corrected chi connectivity index (χ1v) is 15.0. The molecule has 2 amide bonds. The van der Waals surface area contributed by atoms with Crippen LogP contribution in [-0.4, -0.2) is 39.9 Å². The van der Waals surface area contributed by atoms with Crippen LogP contribution in [0.4, 0.5) is 5.00 Å². The largest absolute Gasteiger partial charge is 0.497 e. The van der Waals surface area contributed by atoms with Crippen LogP contribution in [0.15, 0.2) is 53.5 Å². The highest BCUT2D eigenvalue weighted by atomic mass is 32.1. The van der Waals surface area contributed by atoms with Gasteiger partial charge in [0.1, 0.15) is 27.5 Å². The van der Waals surface area contributed by atoms with Gasteiger partial charge in [-0.2, -0.15) is 0 Å². The molecule has 5 aromatic rings. The zero-order valence-electron chi connectivity index (χ0n) is 24.2. The van der Waals surface area contributed by atoms with Gasteiger partial charge in [0.15, 0.2) is 0 Å². The molecule has 220 valence electrons. The van der Waals surface area contributed by atoms with Gasteiger partial charge < -0.3 is 19.9 Å². The number of ether oxygens (including phenoxy) is 1. The molecule has 4 aromatic heterocycles. The van der Waals surface area contributed by atoms with Crippen LogP contribution in [0.2, 0.25) is 0 Å². The number of nitrogens with zero attached hydrogens (tertiary/aromatic N) is 3. The Bertz CT molecular complexity index is 2020. The number of benzene rings is 1. The van der Waals surface area contributed by atoms with Crippen molar-refractivity contribution in [2.75, 3.05) is 19.5 Å². The Morgan fingerprint density at radius 1 is 1.09 bits per heavy atom. The fourth-order valence-electron chi connectivity index (χ4n) is 5.71. The van der Waals surface area contributed by atoms with E-state index in [1.54, 1.807) is 31.0 Å². The molecule has 10 nitrogen and oxygen atoms in total. The first-order chi connectivity index (χ1) is 20.8. The van der Waals surface area contributed by atoms with Gasteiger partial charge in [-0.3, -0.25) is 24.2 Å². The van der Waals surface area contributed by atoms with Crippen molar-refractivity contribution in [3.8, 4) is 5.75 Å². The lowest BCUT2D eigenvalue weighted by atomic mass is 9.95. The Morgan fingerprint density at radius 2 is 1.86 bits per heavy atom. The molecular formula is C32H32N6O4S. The van der Waals surface area contributed by atoms with Gasteiger partial charge in [-0.05, 0) is 80.0 Å². The third-order valence-electron chi connectivity index (χ3n) is 8.01. The monoisotopic (exact) mass is 596 g/mol. The topological polar surface area (TPSA) is 131 Å². The SMILES string of the molecule is CNC(=O)c1c(NC(=O)c2cc3c(=O)n4cccc(C)c4nc3n(CCc3ccc(OC)cc3)c2=N)sc2c1CCCC2. The smallest absolute Gasteiger partial charge is 0.267 e. The summed E-state index contributed by atoms with van der Waals surface area (Å²) >= 11 is 1.41. The van der Waals surface area contributed by atoms with Crippen molar-refractivity contribution < 1.29 is 14.3 Å². The van der Waals surface area contributed by atoms with Gasteiger partial charge in [0.2, 0.25) is 0 Å². The van der Waals surface area contributed by atoms with Crippen LogP contribution in [0, 0.1) is 12.3 Å². The summed E-state index contributed by atoms with van der Waals surface area (Å²) in [6, 6.07) is 12.7. The maximum Gasteiger partial charge on any atom is 0.267 e. The lowest BCUT2D eigenvalue weighted by molar-refractivity contribution is 0.0963. The lowest BCUT2D eigenvalue weighted by Crippen LogP contribution is -2.33. The molecule has 0 saturated carbocycles. The lowest BCUT2D eigenvalue weighted by Gasteiger charge is -2.16. The molecule has 0 radical (unpaired) electrons. The first-order valence-electron chi connectivity index (χ1n) is 14.2. The van der Waals surface area contributed by atoms with Crippen molar-refractivity contribution in [2.45, 2.75) is 45.6 Å². The van der Waals surface area contributed by atoms with E-state index in [1.165, 1.54) is 21.8 Å². The van der Waals surface area contributed by atoms with E-state index >= 15 is 0 Å². The number of hydrogen-bond acceptors (Lipinski definition) is 7. The summed E-state index contributed by atoms with van der Waals surface area (Å²) in [7, 11) is 3.18. The summed E-state index contributed by atoms with van der Waals surface area (Å²) in [5.41, 5.74) is 3.76. The number of hydrogen-bond donors (Lipinski definition) is 3. The molecule has 1 aliphatic carbocycles. The number of aryl methyl sites for hydroxylation is 4. The van der Waals surface area contributed by atoms with Crippen LogP contribution in [0.5, 0.6) is 5.75 Å². The van der Waals surface area contributed by atoms with Crippen molar-refractivity contribution in [1.29, 1.82) is 5.41 Å². The number of amides is 2. The Labute approximate surface area is 251 Å². The number of pyridine rings is 2. The normalized spacial score (nSPS) is 12.7. The van der Waals surface area contributed by atoms with Crippen LogP contribution >= 0.6 is 11.3 Å². The highest BCUT2D eigenvalue weighted by molar-refractivity contribution is 7.17. The number of carbonyl (C=O) groups is 2. The van der Waals surface area contributed by atoms with Gasteiger partial charge in [0.05, 0.1) is 23.6 Å². The zero-order valence-corrected chi connectivity index (χ0v) is 25.1. The Kier molecular flexibility index (Phi) is 7.57. The molecule has 3 N–H and O–H groups in total. The van der Waals surface area contributed by atoms with Crippen LogP contribution in [0.3, 0.4) is 0 Å². The number of nitrogens with one attached hydrogen (secondary N) is 3. The Morgan fingerprint density at radius 3 is 2.60 bits per heavy atom. The molecular weight excluding hydrogens is 564 g/mol. The van der Waals surface area contributed by atoms with E-state index in [2.05, 4.69) is 10.6 Å². The van der Waals surface area contributed by atoms with Gasteiger partial charge in [-0.1, -0.05) is 18.2 Å². The highest BCUT2D eigenvalue weighted by Crippen LogP contribution is 2.38. The summed E-state index contributed by atoms with van der Waals surface area (Å²) < 4.78 is 8.36. The molecule has 0 fully saturated rings. The van der Waals surface area contributed by atoms with Crippen molar-refractivity contribution in [3.63, 3.8) is 0 Å². The summed E-state index contributed by atoms with van der Waals surface area (Å²) in [5.74, 6) is -0.0644. The highest BCUT2D eigenvalue weighted by Gasteiger charge is 2.27. The number of aromatic nitrogens is 3. The Hall–Kier alpha value is -4.77. The van der Waals surface area contributed by atoms with Crippen molar-refractivity contribution in [3.05, 3.63) is 97.2 Å². The number of fused-ring (bicyclic) bond motifs is 3. The van der Waals surface area contributed by atoms with Gasteiger partial charge in [0.25, 0.3) is 17.4 Å². The number of anilines is 1. The maximum atomic E-state index is 13.9. The summed E-state index contributed by atoms with van der Waals surface area (Å²) in [6.45, 7) is 2.19. The van der Waals surface area contributed by atoms with Gasteiger partial charge in [-0.25, -0.2) is 4.98 Å². The molecule has 4 heterocycles. The molecule has 0 atom stereocenters. The zero-order chi connectivity index (χ0) is 30.2. The molecule has 6 rings (SSSR count). The fourth-order valence-corrected chi connectivity index (χ4v) is 6.99. The standard InChI is InChI=1S/C32H32N6O4S/c1-18-7-6-15-38-27(18)35-28-23(32(38)41)17-22(26(33)37(28)16-14-19-10-12-20(42-3)13-11-19)29(39)36-31-25(30(40)34-2)21-8-4-5-9-24(21)43-31/h6-7,10-13,15,17,33H,4-5,8-9,14,16H2,1-3H3,(H,34,40)(H,36,39). The minimum atomic E-state index is -0.553. The number of carbonyl (C=O) groups excluding carboxylic acids is 2. The van der Waals surface area contributed by atoms with E-state index in [0.29, 0.717) is 34.8 Å². The molecule has 1 aromatic carbocycles. The van der Waals surface area contributed by atoms with E-state index < -0.39 is 5.91 Å². The van der Waals surface area contributed by atoms with Crippen LogP contribution < -0.4 is 26.4 Å². The summed E-state index contributed by atoms with van der Waals surface area (Å²) in [4.78, 5) is 46.4. The van der Waals surface area contributed by atoms with Gasteiger partial charge in [-0.15, -0.1) is 11.3 Å². The molecule has 0 unspecified atom stereocenters. The molecule has 0 spiro atoms. The van der Waals surface area contributed by atoms with E-state index in [0.717, 1.165) is 53.0 Å². The van der Waals surface area contributed by atoms with E-state index in [4.69, 9.17) is 15.1 Å².